The van der Waals surface area contributed by atoms with Crippen molar-refractivity contribution in [2.24, 2.45) is 0 Å². The van der Waals surface area contributed by atoms with Gasteiger partial charge >= 0.3 is 5.97 Å². The second kappa shape index (κ2) is 4.99. The Morgan fingerprint density at radius 1 is 1.61 bits per heavy atom. The molecule has 7 heteroatoms. The van der Waals surface area contributed by atoms with Gasteiger partial charge in [-0.25, -0.2) is 13.2 Å². The lowest BCUT2D eigenvalue weighted by molar-refractivity contribution is 0.0699. The molecule has 0 saturated carbocycles. The molecular weight excluding hydrogens is 274 g/mol. The van der Waals surface area contributed by atoms with Gasteiger partial charge in [-0.2, -0.15) is 0 Å². The highest BCUT2D eigenvalue weighted by atomic mass is 32.2. The topological polar surface area (TPSA) is 74.7 Å². The van der Waals surface area contributed by atoms with Gasteiger partial charge in [0.25, 0.3) is 0 Å². The first kappa shape index (κ1) is 13.5. The van der Waals surface area contributed by atoms with E-state index in [9.17, 15) is 13.2 Å². The molecule has 1 N–H and O–H groups in total. The Labute approximate surface area is 110 Å². The Balaban J connectivity index is 2.10. The van der Waals surface area contributed by atoms with E-state index in [1.54, 1.807) is 11.4 Å². The van der Waals surface area contributed by atoms with Crippen LogP contribution in [0.2, 0.25) is 0 Å². The molecule has 100 valence electrons. The van der Waals surface area contributed by atoms with Crippen LogP contribution in [0.25, 0.3) is 0 Å². The summed E-state index contributed by atoms with van der Waals surface area (Å²) in [5, 5.41) is 10.8. The number of hydrogen-bond donors (Lipinski definition) is 1. The zero-order valence-electron chi connectivity index (χ0n) is 10.00. The summed E-state index contributed by atoms with van der Waals surface area (Å²) in [6.07, 6.45) is 0. The van der Waals surface area contributed by atoms with Crippen LogP contribution >= 0.6 is 11.3 Å². The van der Waals surface area contributed by atoms with Crippen LogP contribution in [0.1, 0.15) is 22.2 Å². The van der Waals surface area contributed by atoms with Crippen molar-refractivity contribution in [3.63, 3.8) is 0 Å². The second-order valence-electron chi connectivity index (χ2n) is 4.51. The minimum atomic E-state index is -2.93. The SMILES string of the molecule is CC1CS(=O)(=O)CCN1Cc1ccsc1C(=O)O. The van der Waals surface area contributed by atoms with Crippen molar-refractivity contribution in [3.05, 3.63) is 21.9 Å². The Morgan fingerprint density at radius 3 is 2.94 bits per heavy atom. The highest BCUT2D eigenvalue weighted by Gasteiger charge is 2.28. The molecule has 2 heterocycles. The van der Waals surface area contributed by atoms with Crippen molar-refractivity contribution in [3.8, 4) is 0 Å². The maximum absolute atomic E-state index is 11.5. The fourth-order valence-electron chi connectivity index (χ4n) is 2.13. The van der Waals surface area contributed by atoms with Gasteiger partial charge in [-0.15, -0.1) is 11.3 Å². The van der Waals surface area contributed by atoms with Crippen LogP contribution < -0.4 is 0 Å². The molecule has 2 rings (SSSR count). The molecule has 5 nitrogen and oxygen atoms in total. The zero-order chi connectivity index (χ0) is 13.3. The molecule has 1 aromatic rings. The minimum absolute atomic E-state index is 0.0645. The van der Waals surface area contributed by atoms with E-state index in [1.807, 2.05) is 11.8 Å². The molecule has 1 saturated heterocycles. The van der Waals surface area contributed by atoms with Gasteiger partial charge in [-0.3, -0.25) is 4.90 Å². The third kappa shape index (κ3) is 2.90. The standard InChI is InChI=1S/C11H15NO4S2/c1-8-7-18(15,16)5-3-12(8)6-9-2-4-17-10(9)11(13)14/h2,4,8H,3,5-7H2,1H3,(H,13,14). The fourth-order valence-corrected chi connectivity index (χ4v) is 4.51. The van der Waals surface area contributed by atoms with E-state index < -0.39 is 15.8 Å². The molecule has 0 bridgehead atoms. The molecule has 1 aliphatic rings. The van der Waals surface area contributed by atoms with Gasteiger partial charge in [0.1, 0.15) is 4.88 Å². The summed E-state index contributed by atoms with van der Waals surface area (Å²) >= 11 is 1.20. The monoisotopic (exact) mass is 289 g/mol. The molecule has 1 aliphatic heterocycles. The third-order valence-electron chi connectivity index (χ3n) is 3.12. The van der Waals surface area contributed by atoms with Gasteiger partial charge in [-0.05, 0) is 23.9 Å². The van der Waals surface area contributed by atoms with Crippen LogP contribution in [0.3, 0.4) is 0 Å². The van der Waals surface area contributed by atoms with Gasteiger partial charge in [-0.1, -0.05) is 0 Å². The molecule has 0 spiro atoms. The normalized spacial score (nSPS) is 23.9. The first-order valence-corrected chi connectivity index (χ1v) is 8.33. The van der Waals surface area contributed by atoms with Gasteiger partial charge < -0.3 is 5.11 Å². The van der Waals surface area contributed by atoms with Crippen molar-refractivity contribution in [2.45, 2.75) is 19.5 Å². The Kier molecular flexibility index (Phi) is 3.74. The van der Waals surface area contributed by atoms with Gasteiger partial charge in [0, 0.05) is 19.1 Å². The van der Waals surface area contributed by atoms with Crippen LogP contribution in [0.15, 0.2) is 11.4 Å². The quantitative estimate of drug-likeness (QED) is 0.900. The fraction of sp³-hybridized carbons (Fsp3) is 0.545. The van der Waals surface area contributed by atoms with Crippen LogP contribution in [-0.2, 0) is 16.4 Å². The zero-order valence-corrected chi connectivity index (χ0v) is 11.6. The number of carbonyl (C=O) groups is 1. The Hall–Kier alpha value is -0.920. The lowest BCUT2D eigenvalue weighted by Crippen LogP contribution is -2.46. The van der Waals surface area contributed by atoms with Crippen LogP contribution in [0.4, 0.5) is 0 Å². The van der Waals surface area contributed by atoms with Crippen molar-refractivity contribution in [2.75, 3.05) is 18.1 Å². The predicted molar refractivity (Wildman–Crippen MR) is 69.8 cm³/mol. The average molecular weight is 289 g/mol. The molecule has 1 unspecified atom stereocenters. The summed E-state index contributed by atoms with van der Waals surface area (Å²) in [4.78, 5) is 13.4. The lowest BCUT2D eigenvalue weighted by Gasteiger charge is -2.32. The summed E-state index contributed by atoms with van der Waals surface area (Å²) in [5.74, 6) is -0.610. The van der Waals surface area contributed by atoms with Crippen LogP contribution in [0.5, 0.6) is 0 Å². The van der Waals surface area contributed by atoms with E-state index in [4.69, 9.17) is 5.11 Å². The summed E-state index contributed by atoms with van der Waals surface area (Å²) < 4.78 is 22.9. The smallest absolute Gasteiger partial charge is 0.346 e. The Bertz CT molecular complexity index is 549. The predicted octanol–water partition coefficient (Wildman–Crippen LogP) is 1.07. The van der Waals surface area contributed by atoms with Gasteiger partial charge in [0.2, 0.25) is 0 Å². The second-order valence-corrected chi connectivity index (χ2v) is 7.66. The molecule has 1 aromatic heterocycles. The van der Waals surface area contributed by atoms with E-state index in [2.05, 4.69) is 0 Å². The largest absolute Gasteiger partial charge is 0.477 e. The van der Waals surface area contributed by atoms with E-state index in [-0.39, 0.29) is 17.5 Å². The van der Waals surface area contributed by atoms with E-state index in [0.717, 1.165) is 5.56 Å². The van der Waals surface area contributed by atoms with Crippen LogP contribution in [0, 0.1) is 0 Å². The number of nitrogens with zero attached hydrogens (tertiary/aromatic N) is 1. The molecular formula is C11H15NO4S2. The molecule has 1 fully saturated rings. The lowest BCUT2D eigenvalue weighted by atomic mass is 10.2. The first-order valence-electron chi connectivity index (χ1n) is 5.63. The van der Waals surface area contributed by atoms with Crippen molar-refractivity contribution in [1.82, 2.24) is 4.90 Å². The summed E-state index contributed by atoms with van der Waals surface area (Å²) in [6.45, 7) is 2.84. The van der Waals surface area contributed by atoms with Gasteiger partial charge in [0.05, 0.1) is 11.5 Å². The van der Waals surface area contributed by atoms with Crippen molar-refractivity contribution in [1.29, 1.82) is 0 Å². The summed E-state index contributed by atoms with van der Waals surface area (Å²) in [7, 11) is -2.93. The molecule has 0 radical (unpaired) electrons. The Morgan fingerprint density at radius 2 is 2.33 bits per heavy atom. The highest BCUT2D eigenvalue weighted by Crippen LogP contribution is 2.21. The van der Waals surface area contributed by atoms with Crippen LogP contribution in [-0.4, -0.2) is 48.5 Å². The van der Waals surface area contributed by atoms with Gasteiger partial charge in [0.15, 0.2) is 9.84 Å². The van der Waals surface area contributed by atoms with E-state index in [0.29, 0.717) is 18.0 Å². The molecule has 18 heavy (non-hydrogen) atoms. The van der Waals surface area contributed by atoms with E-state index in [1.165, 1.54) is 11.3 Å². The molecule has 0 aromatic carbocycles. The number of hydrogen-bond acceptors (Lipinski definition) is 5. The number of aromatic carboxylic acids is 1. The third-order valence-corrected chi connectivity index (χ3v) is 5.86. The number of carboxylic acids is 1. The summed E-state index contributed by atoms with van der Waals surface area (Å²) in [6, 6.07) is 1.73. The molecule has 0 aliphatic carbocycles. The van der Waals surface area contributed by atoms with Crippen molar-refractivity contribution >= 4 is 27.1 Å². The number of sulfone groups is 1. The maximum Gasteiger partial charge on any atom is 0.346 e. The first-order chi connectivity index (χ1) is 8.39. The minimum Gasteiger partial charge on any atom is -0.477 e. The molecule has 1 atom stereocenters. The van der Waals surface area contributed by atoms with Crippen molar-refractivity contribution < 1.29 is 18.3 Å². The maximum atomic E-state index is 11.5. The average Bonchev–Trinajstić information content (AvgIpc) is 2.69. The highest BCUT2D eigenvalue weighted by molar-refractivity contribution is 7.91. The molecule has 0 amide bonds. The summed E-state index contributed by atoms with van der Waals surface area (Å²) in [5.41, 5.74) is 0.763. The number of thiophene rings is 1. The van der Waals surface area contributed by atoms with E-state index >= 15 is 0 Å². The number of carboxylic acid groups (broad SMARTS) is 1. The number of rotatable bonds is 3.